The van der Waals surface area contributed by atoms with Crippen LogP contribution in [0.1, 0.15) is 22.8 Å². The van der Waals surface area contributed by atoms with Crippen LogP contribution in [0.5, 0.6) is 5.75 Å². The molecule has 0 amide bonds. The SMILES string of the molecule is C=C(O)/C=C\C(=C/C)C1(c2ccc(O)cc2)C(=O)c2ccccc2N1C. The highest BCUT2D eigenvalue weighted by molar-refractivity contribution is 6.16. The molecule has 0 aliphatic carbocycles. The number of aliphatic hydroxyl groups is 1. The van der Waals surface area contributed by atoms with Crippen molar-refractivity contribution in [2.45, 2.75) is 12.5 Å². The molecule has 0 radical (unpaired) electrons. The second kappa shape index (κ2) is 6.56. The van der Waals surface area contributed by atoms with Crippen LogP contribution in [-0.2, 0) is 5.54 Å². The lowest BCUT2D eigenvalue weighted by atomic mass is 9.78. The van der Waals surface area contributed by atoms with Gasteiger partial charge in [-0.3, -0.25) is 4.79 Å². The van der Waals surface area contributed by atoms with Gasteiger partial charge in [-0.2, -0.15) is 0 Å². The number of fused-ring (bicyclic) bond motifs is 1. The van der Waals surface area contributed by atoms with Gasteiger partial charge in [0.15, 0.2) is 11.3 Å². The number of phenolic OH excluding ortho intramolecular Hbond substituents is 1. The summed E-state index contributed by atoms with van der Waals surface area (Å²) < 4.78 is 0. The summed E-state index contributed by atoms with van der Waals surface area (Å²) in [5.41, 5.74) is 1.83. The fraction of sp³-hybridized carbons (Fsp3) is 0.136. The number of likely N-dealkylation sites (N-methyl/N-ethyl adjacent to an activating group) is 1. The van der Waals surface area contributed by atoms with Crippen LogP contribution in [0.25, 0.3) is 0 Å². The van der Waals surface area contributed by atoms with E-state index in [4.69, 9.17) is 0 Å². The number of carbonyl (C=O) groups excluding carboxylic acids is 1. The molecule has 1 aliphatic rings. The Hall–Kier alpha value is -3.27. The van der Waals surface area contributed by atoms with Crippen molar-refractivity contribution in [1.82, 2.24) is 0 Å². The minimum Gasteiger partial charge on any atom is -0.509 e. The zero-order chi connectivity index (χ0) is 18.9. The van der Waals surface area contributed by atoms with Crippen LogP contribution in [-0.4, -0.2) is 23.0 Å². The molecule has 4 heteroatoms. The van der Waals surface area contributed by atoms with Crippen LogP contribution >= 0.6 is 0 Å². The summed E-state index contributed by atoms with van der Waals surface area (Å²) in [5.74, 6) is -0.00534. The quantitative estimate of drug-likeness (QED) is 0.632. The molecule has 2 aromatic rings. The van der Waals surface area contributed by atoms with Gasteiger partial charge in [0.05, 0.1) is 0 Å². The van der Waals surface area contributed by atoms with Crippen LogP contribution in [0.2, 0.25) is 0 Å². The number of anilines is 1. The van der Waals surface area contributed by atoms with Gasteiger partial charge in [0.1, 0.15) is 11.5 Å². The lowest BCUT2D eigenvalue weighted by molar-refractivity contribution is 0.0928. The average Bonchev–Trinajstić information content (AvgIpc) is 2.86. The Bertz CT molecular complexity index is 925. The third-order valence-electron chi connectivity index (χ3n) is 4.81. The molecule has 0 aromatic heterocycles. The Morgan fingerprint density at radius 2 is 1.77 bits per heavy atom. The van der Waals surface area contributed by atoms with E-state index in [-0.39, 0.29) is 17.3 Å². The number of Topliss-reactive ketones (excluding diaryl/α,β-unsaturated/α-hetero) is 1. The Labute approximate surface area is 153 Å². The molecule has 26 heavy (non-hydrogen) atoms. The third-order valence-corrected chi connectivity index (χ3v) is 4.81. The molecule has 2 N–H and O–H groups in total. The molecular weight excluding hydrogens is 326 g/mol. The largest absolute Gasteiger partial charge is 0.509 e. The Balaban J connectivity index is 2.30. The standard InChI is InChI=1S/C22H21NO3/c1-4-16(10-9-15(2)24)22(17-11-13-18(25)14-12-17)21(26)19-7-5-6-8-20(19)23(22)3/h4-14,24-25H,2H2,1,3H3/b10-9-,16-4+. The van der Waals surface area contributed by atoms with Gasteiger partial charge < -0.3 is 15.1 Å². The minimum atomic E-state index is -1.09. The van der Waals surface area contributed by atoms with Gasteiger partial charge in [-0.25, -0.2) is 0 Å². The zero-order valence-electron chi connectivity index (χ0n) is 14.8. The van der Waals surface area contributed by atoms with E-state index < -0.39 is 5.54 Å². The monoisotopic (exact) mass is 347 g/mol. The summed E-state index contributed by atoms with van der Waals surface area (Å²) in [7, 11) is 1.88. The second-order valence-electron chi connectivity index (χ2n) is 6.23. The highest BCUT2D eigenvalue weighted by Gasteiger charge is 2.52. The lowest BCUT2D eigenvalue weighted by Crippen LogP contribution is -2.47. The van der Waals surface area contributed by atoms with Crippen molar-refractivity contribution in [2.24, 2.45) is 0 Å². The third kappa shape index (κ3) is 2.51. The van der Waals surface area contributed by atoms with E-state index in [0.717, 1.165) is 11.3 Å². The number of benzene rings is 2. The predicted octanol–water partition coefficient (Wildman–Crippen LogP) is 4.49. The second-order valence-corrected chi connectivity index (χ2v) is 6.23. The van der Waals surface area contributed by atoms with Crippen molar-refractivity contribution in [3.63, 3.8) is 0 Å². The fourth-order valence-electron chi connectivity index (χ4n) is 3.62. The molecule has 0 spiro atoms. The molecule has 4 nitrogen and oxygen atoms in total. The first-order valence-corrected chi connectivity index (χ1v) is 8.32. The summed E-state index contributed by atoms with van der Waals surface area (Å²) in [4.78, 5) is 15.5. The van der Waals surface area contributed by atoms with Crippen molar-refractivity contribution in [1.29, 1.82) is 0 Å². The molecular formula is C22H21NO3. The summed E-state index contributed by atoms with van der Waals surface area (Å²) >= 11 is 0. The maximum absolute atomic E-state index is 13.6. The summed E-state index contributed by atoms with van der Waals surface area (Å²) in [6.07, 6.45) is 5.03. The average molecular weight is 347 g/mol. The van der Waals surface area contributed by atoms with Crippen molar-refractivity contribution < 1.29 is 15.0 Å². The topological polar surface area (TPSA) is 60.8 Å². The summed E-state index contributed by atoms with van der Waals surface area (Å²) in [6.45, 7) is 5.34. The Kier molecular flexibility index (Phi) is 4.43. The van der Waals surface area contributed by atoms with Crippen LogP contribution in [0.15, 0.2) is 84.7 Å². The maximum Gasteiger partial charge on any atom is 0.199 e. The van der Waals surface area contributed by atoms with Gasteiger partial charge >= 0.3 is 0 Å². The Morgan fingerprint density at radius 1 is 1.12 bits per heavy atom. The number of allylic oxidation sites excluding steroid dienone is 2. The highest BCUT2D eigenvalue weighted by atomic mass is 16.3. The maximum atomic E-state index is 13.6. The van der Waals surface area contributed by atoms with Crippen LogP contribution in [0.3, 0.4) is 0 Å². The first-order valence-electron chi connectivity index (χ1n) is 8.32. The Morgan fingerprint density at radius 3 is 2.35 bits per heavy atom. The first-order chi connectivity index (χ1) is 12.4. The molecule has 132 valence electrons. The molecule has 1 unspecified atom stereocenters. The number of ketones is 1. The van der Waals surface area contributed by atoms with E-state index in [1.54, 1.807) is 30.3 Å². The van der Waals surface area contributed by atoms with Crippen LogP contribution < -0.4 is 4.90 Å². The van der Waals surface area contributed by atoms with Gasteiger partial charge in [-0.1, -0.05) is 43.0 Å². The smallest absolute Gasteiger partial charge is 0.199 e. The van der Waals surface area contributed by atoms with E-state index >= 15 is 0 Å². The van der Waals surface area contributed by atoms with Gasteiger partial charge in [0.2, 0.25) is 0 Å². The van der Waals surface area contributed by atoms with Crippen molar-refractivity contribution in [3.05, 3.63) is 95.8 Å². The number of hydrogen-bond acceptors (Lipinski definition) is 4. The lowest BCUT2D eigenvalue weighted by Gasteiger charge is -2.38. The number of aromatic hydroxyl groups is 1. The number of aliphatic hydroxyl groups excluding tert-OH is 1. The minimum absolute atomic E-state index is 0.0532. The van der Waals surface area contributed by atoms with E-state index in [2.05, 4.69) is 6.58 Å². The highest BCUT2D eigenvalue weighted by Crippen LogP contribution is 2.48. The van der Waals surface area contributed by atoms with Crippen LogP contribution in [0, 0.1) is 0 Å². The first kappa shape index (κ1) is 17.5. The van der Waals surface area contributed by atoms with Gasteiger partial charge in [-0.05, 0) is 48.4 Å². The molecule has 0 bridgehead atoms. The molecule has 1 aliphatic heterocycles. The van der Waals surface area contributed by atoms with E-state index in [0.29, 0.717) is 11.1 Å². The molecule has 0 fully saturated rings. The predicted molar refractivity (Wildman–Crippen MR) is 104 cm³/mol. The summed E-state index contributed by atoms with van der Waals surface area (Å²) in [6, 6.07) is 14.1. The molecule has 1 atom stereocenters. The van der Waals surface area contributed by atoms with Gasteiger partial charge in [0, 0.05) is 18.3 Å². The van der Waals surface area contributed by atoms with Gasteiger partial charge in [-0.15, -0.1) is 0 Å². The molecule has 0 saturated heterocycles. The van der Waals surface area contributed by atoms with E-state index in [1.807, 2.05) is 49.2 Å². The van der Waals surface area contributed by atoms with E-state index in [9.17, 15) is 15.0 Å². The molecule has 3 rings (SSSR count). The van der Waals surface area contributed by atoms with Crippen molar-refractivity contribution in [2.75, 3.05) is 11.9 Å². The number of para-hydroxylation sites is 1. The summed E-state index contributed by atoms with van der Waals surface area (Å²) in [5, 5.41) is 19.2. The molecule has 1 heterocycles. The number of carbonyl (C=O) groups is 1. The van der Waals surface area contributed by atoms with E-state index in [1.165, 1.54) is 6.08 Å². The number of rotatable bonds is 4. The number of hydrogen-bond donors (Lipinski definition) is 2. The number of phenols is 1. The zero-order valence-corrected chi connectivity index (χ0v) is 14.8. The van der Waals surface area contributed by atoms with Crippen molar-refractivity contribution in [3.8, 4) is 5.75 Å². The molecule has 2 aromatic carbocycles. The fourth-order valence-corrected chi connectivity index (χ4v) is 3.62. The molecule has 0 saturated carbocycles. The normalized spacial score (nSPS) is 19.8. The number of nitrogens with zero attached hydrogens (tertiary/aromatic N) is 1. The van der Waals surface area contributed by atoms with Gasteiger partial charge in [0.25, 0.3) is 0 Å². The van der Waals surface area contributed by atoms with Crippen LogP contribution in [0.4, 0.5) is 5.69 Å². The van der Waals surface area contributed by atoms with Crippen molar-refractivity contribution >= 4 is 11.5 Å².